The number of aromatic nitrogens is 3. The number of fused-ring (bicyclic) bond motifs is 3. The zero-order valence-corrected chi connectivity index (χ0v) is 26.1. The molecule has 222 valence electrons. The molecule has 4 nitrogen and oxygen atoms in total. The van der Waals surface area contributed by atoms with Gasteiger partial charge in [0.15, 0.2) is 5.82 Å². The van der Waals surface area contributed by atoms with Crippen LogP contribution >= 0.6 is 0 Å². The second-order valence-corrected chi connectivity index (χ2v) is 12.0. The number of hydrogen-bond donors (Lipinski definition) is 0. The summed E-state index contributed by atoms with van der Waals surface area (Å²) in [6.45, 7) is 3.79. The molecule has 1 aliphatic rings. The minimum Gasteiger partial charge on any atom is -0.219 e. The average Bonchev–Trinajstić information content (AvgIpc) is 3.42. The molecule has 4 heteroatoms. The molecule has 0 unspecified atom stereocenters. The first-order valence-corrected chi connectivity index (χ1v) is 15.8. The van der Waals surface area contributed by atoms with E-state index in [1.165, 1.54) is 33.4 Å². The van der Waals surface area contributed by atoms with E-state index in [4.69, 9.17) is 0 Å². The van der Waals surface area contributed by atoms with Crippen LogP contribution in [-0.4, -0.2) is 15.0 Å². The van der Waals surface area contributed by atoms with E-state index in [0.717, 1.165) is 39.5 Å². The number of rotatable bonds is 5. The van der Waals surface area contributed by atoms with Crippen LogP contribution in [0.2, 0.25) is 0 Å². The summed E-state index contributed by atoms with van der Waals surface area (Å²) in [4.78, 5) is 13.5. The molecule has 47 heavy (non-hydrogen) atoms. The van der Waals surface area contributed by atoms with Gasteiger partial charge in [0.05, 0.1) is 17.0 Å². The fourth-order valence-electron chi connectivity index (χ4n) is 7.14. The first kappa shape index (κ1) is 28.3. The molecule has 8 rings (SSSR count). The predicted octanol–water partition coefficient (Wildman–Crippen LogP) is 9.72. The monoisotopic (exact) mass is 602 g/mol. The van der Waals surface area contributed by atoms with Crippen LogP contribution in [0.25, 0.3) is 44.8 Å². The SMILES string of the molecule is Cc1nc(C)nc(-c2ccc(-c3ccc4c(c3)C(c3ccccc3)(c3ccccc3)c3cc(-c5ccc(C#N)cc5)ccc3-4)cc2)n1. The van der Waals surface area contributed by atoms with Gasteiger partial charge in [0.2, 0.25) is 0 Å². The quantitative estimate of drug-likeness (QED) is 0.197. The van der Waals surface area contributed by atoms with E-state index in [1.807, 2.05) is 38.1 Å². The molecule has 0 aliphatic heterocycles. The number of aryl methyl sites for hydroxylation is 2. The molecular formula is C43H30N4. The van der Waals surface area contributed by atoms with Gasteiger partial charge in [-0.3, -0.25) is 0 Å². The van der Waals surface area contributed by atoms with Crippen LogP contribution in [0.3, 0.4) is 0 Å². The van der Waals surface area contributed by atoms with Gasteiger partial charge in [0, 0.05) is 5.56 Å². The van der Waals surface area contributed by atoms with E-state index in [9.17, 15) is 5.26 Å². The first-order valence-electron chi connectivity index (χ1n) is 15.8. The number of benzene rings is 6. The summed E-state index contributed by atoms with van der Waals surface area (Å²) in [7, 11) is 0. The van der Waals surface area contributed by atoms with Crippen molar-refractivity contribution in [1.29, 1.82) is 5.26 Å². The molecule has 0 amide bonds. The summed E-state index contributed by atoms with van der Waals surface area (Å²) >= 11 is 0. The standard InChI is InChI=1S/C43H30N4/c1-28-45-29(2)47-42(46-28)33-19-17-32(18-20-33)35-22-24-39-38-23-21-34(31-15-13-30(27-44)14-16-31)25-40(38)43(41(39)26-35,36-9-5-3-6-10-36)37-11-7-4-8-12-37/h3-26H,1-2H3. The van der Waals surface area contributed by atoms with E-state index in [0.29, 0.717) is 11.4 Å². The van der Waals surface area contributed by atoms with Gasteiger partial charge in [-0.1, -0.05) is 121 Å². The van der Waals surface area contributed by atoms with Crippen LogP contribution < -0.4 is 0 Å². The molecule has 1 aliphatic carbocycles. The Morgan fingerprint density at radius 1 is 0.468 bits per heavy atom. The Morgan fingerprint density at radius 3 is 1.36 bits per heavy atom. The van der Waals surface area contributed by atoms with Crippen molar-refractivity contribution in [3.63, 3.8) is 0 Å². The average molecular weight is 603 g/mol. The van der Waals surface area contributed by atoms with Gasteiger partial charge in [-0.05, 0) is 93.7 Å². The van der Waals surface area contributed by atoms with Crippen LogP contribution in [0, 0.1) is 25.2 Å². The van der Waals surface area contributed by atoms with Crippen molar-refractivity contribution < 1.29 is 0 Å². The number of nitriles is 1. The largest absolute Gasteiger partial charge is 0.219 e. The lowest BCUT2D eigenvalue weighted by atomic mass is 9.67. The zero-order chi connectivity index (χ0) is 32.0. The second kappa shape index (κ2) is 11.3. The molecule has 0 N–H and O–H groups in total. The van der Waals surface area contributed by atoms with Gasteiger partial charge in [0.1, 0.15) is 11.6 Å². The van der Waals surface area contributed by atoms with E-state index in [2.05, 4.69) is 142 Å². The number of nitrogens with zero attached hydrogens (tertiary/aromatic N) is 4. The summed E-state index contributed by atoms with van der Waals surface area (Å²) in [6, 6.07) is 54.0. The molecular weight excluding hydrogens is 573 g/mol. The van der Waals surface area contributed by atoms with Crippen LogP contribution in [0.1, 0.15) is 39.5 Å². The lowest BCUT2D eigenvalue weighted by Crippen LogP contribution is -2.28. The molecule has 0 radical (unpaired) electrons. The summed E-state index contributed by atoms with van der Waals surface area (Å²) in [5.74, 6) is 2.13. The van der Waals surface area contributed by atoms with Crippen LogP contribution in [-0.2, 0) is 5.41 Å². The molecule has 0 atom stereocenters. The molecule has 0 spiro atoms. The second-order valence-electron chi connectivity index (χ2n) is 12.0. The summed E-state index contributed by atoms with van der Waals surface area (Å²) in [6.07, 6.45) is 0. The third kappa shape index (κ3) is 4.72. The molecule has 1 heterocycles. The van der Waals surface area contributed by atoms with Crippen LogP contribution in [0.5, 0.6) is 0 Å². The van der Waals surface area contributed by atoms with Crippen LogP contribution in [0.15, 0.2) is 146 Å². The third-order valence-corrected chi connectivity index (χ3v) is 9.23. The Kier molecular flexibility index (Phi) is 6.82. The first-order chi connectivity index (χ1) is 23.0. The topological polar surface area (TPSA) is 62.5 Å². The zero-order valence-electron chi connectivity index (χ0n) is 26.1. The molecule has 6 aromatic carbocycles. The highest BCUT2D eigenvalue weighted by molar-refractivity contribution is 5.90. The van der Waals surface area contributed by atoms with Crippen molar-refractivity contribution in [1.82, 2.24) is 15.0 Å². The fourth-order valence-corrected chi connectivity index (χ4v) is 7.14. The fraction of sp³-hybridized carbons (Fsp3) is 0.0698. The normalized spacial score (nSPS) is 12.6. The van der Waals surface area contributed by atoms with Crippen molar-refractivity contribution >= 4 is 0 Å². The molecule has 0 saturated carbocycles. The van der Waals surface area contributed by atoms with Crippen molar-refractivity contribution in [2.24, 2.45) is 0 Å². The highest BCUT2D eigenvalue weighted by Crippen LogP contribution is 2.57. The molecule has 7 aromatic rings. The Morgan fingerprint density at radius 2 is 0.894 bits per heavy atom. The summed E-state index contributed by atoms with van der Waals surface area (Å²) in [5.41, 5.74) is 13.0. The Bertz CT molecular complexity index is 2240. The Balaban J connectivity index is 1.33. The third-order valence-electron chi connectivity index (χ3n) is 9.23. The molecule has 0 saturated heterocycles. The Labute approximate surface area is 274 Å². The maximum absolute atomic E-state index is 9.38. The smallest absolute Gasteiger partial charge is 0.163 e. The van der Waals surface area contributed by atoms with Gasteiger partial charge >= 0.3 is 0 Å². The maximum Gasteiger partial charge on any atom is 0.163 e. The van der Waals surface area contributed by atoms with Gasteiger partial charge in [0.25, 0.3) is 0 Å². The van der Waals surface area contributed by atoms with E-state index in [-0.39, 0.29) is 0 Å². The van der Waals surface area contributed by atoms with E-state index >= 15 is 0 Å². The van der Waals surface area contributed by atoms with E-state index in [1.54, 1.807) is 0 Å². The Hall–Kier alpha value is -6.18. The minimum absolute atomic E-state index is 0.536. The van der Waals surface area contributed by atoms with Gasteiger partial charge < -0.3 is 0 Å². The summed E-state index contributed by atoms with van der Waals surface area (Å²) in [5, 5.41) is 9.38. The van der Waals surface area contributed by atoms with Crippen molar-refractivity contribution in [3.8, 4) is 50.8 Å². The van der Waals surface area contributed by atoms with Gasteiger partial charge in [-0.15, -0.1) is 0 Å². The highest BCUT2D eigenvalue weighted by Gasteiger charge is 2.46. The van der Waals surface area contributed by atoms with Gasteiger partial charge in [-0.25, -0.2) is 15.0 Å². The number of hydrogen-bond acceptors (Lipinski definition) is 4. The summed E-state index contributed by atoms with van der Waals surface area (Å²) < 4.78 is 0. The highest BCUT2D eigenvalue weighted by atomic mass is 15.0. The lowest BCUT2D eigenvalue weighted by Gasteiger charge is -2.34. The van der Waals surface area contributed by atoms with E-state index < -0.39 is 5.41 Å². The lowest BCUT2D eigenvalue weighted by molar-refractivity contribution is 0.769. The maximum atomic E-state index is 9.38. The predicted molar refractivity (Wildman–Crippen MR) is 188 cm³/mol. The van der Waals surface area contributed by atoms with Crippen molar-refractivity contribution in [2.75, 3.05) is 0 Å². The van der Waals surface area contributed by atoms with Crippen molar-refractivity contribution in [2.45, 2.75) is 19.3 Å². The molecule has 0 fully saturated rings. The minimum atomic E-state index is -0.536. The van der Waals surface area contributed by atoms with Crippen molar-refractivity contribution in [3.05, 3.63) is 185 Å². The molecule has 0 bridgehead atoms. The van der Waals surface area contributed by atoms with Crippen LogP contribution in [0.4, 0.5) is 0 Å². The van der Waals surface area contributed by atoms with Gasteiger partial charge in [-0.2, -0.15) is 5.26 Å². The molecule has 1 aromatic heterocycles.